The van der Waals surface area contributed by atoms with Crippen LogP contribution >= 0.6 is 11.6 Å². The summed E-state index contributed by atoms with van der Waals surface area (Å²) in [6, 6.07) is 4.04. The monoisotopic (exact) mass is 277 g/mol. The van der Waals surface area contributed by atoms with Crippen molar-refractivity contribution in [1.29, 1.82) is 0 Å². The third-order valence-corrected chi connectivity index (χ3v) is 2.61. The second-order valence-corrected chi connectivity index (χ2v) is 3.99. The van der Waals surface area contributed by atoms with Crippen LogP contribution in [0.25, 0.3) is 0 Å². The van der Waals surface area contributed by atoms with Crippen LogP contribution in [0, 0.1) is 0 Å². The molecule has 2 rings (SSSR count). The largest absolute Gasteiger partial charge is 0.478 e. The van der Waals surface area contributed by atoms with Gasteiger partial charge >= 0.3 is 5.97 Å². The van der Waals surface area contributed by atoms with Crippen LogP contribution in [-0.4, -0.2) is 27.0 Å². The van der Waals surface area contributed by atoms with Gasteiger partial charge in [0, 0.05) is 12.4 Å². The smallest absolute Gasteiger partial charge is 0.335 e. The average Bonchev–Trinajstić information content (AvgIpc) is 2.42. The third-order valence-electron chi connectivity index (χ3n) is 2.28. The lowest BCUT2D eigenvalue weighted by Gasteiger charge is -2.07. The number of benzene rings is 1. The molecule has 0 aliphatic carbocycles. The first-order valence-electron chi connectivity index (χ1n) is 5.17. The summed E-state index contributed by atoms with van der Waals surface area (Å²) in [5, 5.41) is 11.6. The van der Waals surface area contributed by atoms with Crippen molar-refractivity contribution in [3.05, 3.63) is 53.1 Å². The molecule has 6 nitrogen and oxygen atoms in total. The Morgan fingerprint density at radius 3 is 2.47 bits per heavy atom. The van der Waals surface area contributed by atoms with Crippen LogP contribution in [0.2, 0.25) is 5.02 Å². The maximum Gasteiger partial charge on any atom is 0.335 e. The molecule has 0 aliphatic heterocycles. The molecule has 2 aromatic rings. The summed E-state index contributed by atoms with van der Waals surface area (Å²) < 4.78 is 0. The van der Waals surface area contributed by atoms with E-state index in [-0.39, 0.29) is 21.8 Å². The number of anilines is 1. The minimum Gasteiger partial charge on any atom is -0.478 e. The van der Waals surface area contributed by atoms with E-state index in [1.54, 1.807) is 0 Å². The van der Waals surface area contributed by atoms with Crippen LogP contribution in [0.15, 0.2) is 36.9 Å². The maximum absolute atomic E-state index is 11.9. The molecule has 0 atom stereocenters. The molecule has 0 unspecified atom stereocenters. The highest BCUT2D eigenvalue weighted by Crippen LogP contribution is 2.23. The van der Waals surface area contributed by atoms with Gasteiger partial charge in [-0.2, -0.15) is 0 Å². The minimum absolute atomic E-state index is 0.0315. The van der Waals surface area contributed by atoms with Crippen molar-refractivity contribution in [1.82, 2.24) is 9.97 Å². The number of carbonyl (C=O) groups excluding carboxylic acids is 1. The molecule has 96 valence electrons. The van der Waals surface area contributed by atoms with Crippen molar-refractivity contribution in [2.24, 2.45) is 0 Å². The Hall–Kier alpha value is -2.47. The topological polar surface area (TPSA) is 92.2 Å². The lowest BCUT2D eigenvalue weighted by atomic mass is 10.2. The fraction of sp³-hybridized carbons (Fsp3) is 0. The average molecular weight is 278 g/mol. The number of nitrogens with one attached hydrogen (secondary N) is 1. The van der Waals surface area contributed by atoms with Crippen molar-refractivity contribution in [2.75, 3.05) is 5.32 Å². The highest BCUT2D eigenvalue weighted by Gasteiger charge is 2.11. The molecule has 0 saturated carbocycles. The molecule has 0 radical (unpaired) electrons. The molecule has 0 saturated heterocycles. The first-order chi connectivity index (χ1) is 9.08. The van der Waals surface area contributed by atoms with Crippen molar-refractivity contribution in [3.63, 3.8) is 0 Å². The van der Waals surface area contributed by atoms with Gasteiger partial charge in [0.1, 0.15) is 6.33 Å². The Balaban J connectivity index is 2.26. The molecule has 2 N–H and O–H groups in total. The zero-order chi connectivity index (χ0) is 13.8. The van der Waals surface area contributed by atoms with Gasteiger partial charge in [0.2, 0.25) is 0 Å². The summed E-state index contributed by atoms with van der Waals surface area (Å²) in [4.78, 5) is 30.1. The number of aromatic carboxylic acids is 1. The normalized spacial score (nSPS) is 9.95. The molecule has 0 aliphatic rings. The number of halogens is 1. The van der Waals surface area contributed by atoms with Gasteiger partial charge in [-0.25, -0.2) is 14.8 Å². The molecular weight excluding hydrogens is 270 g/mol. The number of carboxylic acids is 1. The van der Waals surface area contributed by atoms with Gasteiger partial charge in [0.15, 0.2) is 0 Å². The zero-order valence-corrected chi connectivity index (χ0v) is 10.3. The van der Waals surface area contributed by atoms with Crippen molar-refractivity contribution in [3.8, 4) is 0 Å². The van der Waals surface area contributed by atoms with Crippen molar-refractivity contribution >= 4 is 29.2 Å². The Labute approximate surface area is 113 Å². The molecule has 1 heterocycles. The van der Waals surface area contributed by atoms with Crippen LogP contribution in [-0.2, 0) is 0 Å². The molecule has 1 aromatic heterocycles. The van der Waals surface area contributed by atoms with E-state index in [1.165, 1.54) is 36.9 Å². The van der Waals surface area contributed by atoms with Crippen LogP contribution in [0.4, 0.5) is 5.69 Å². The Bertz CT molecular complexity index is 631. The first-order valence-corrected chi connectivity index (χ1v) is 5.55. The highest BCUT2D eigenvalue weighted by molar-refractivity contribution is 6.34. The van der Waals surface area contributed by atoms with Crippen LogP contribution in [0.5, 0.6) is 0 Å². The highest BCUT2D eigenvalue weighted by atomic mass is 35.5. The fourth-order valence-corrected chi connectivity index (χ4v) is 1.53. The van der Waals surface area contributed by atoms with Crippen molar-refractivity contribution < 1.29 is 14.7 Å². The molecule has 0 spiro atoms. The number of hydrogen-bond donors (Lipinski definition) is 2. The molecule has 0 bridgehead atoms. The number of carboxylic acid groups (broad SMARTS) is 1. The van der Waals surface area contributed by atoms with E-state index in [1.807, 2.05) is 0 Å². The first kappa shape index (κ1) is 13.0. The molecular formula is C12H8ClN3O3. The van der Waals surface area contributed by atoms with E-state index in [4.69, 9.17) is 16.7 Å². The van der Waals surface area contributed by atoms with E-state index in [2.05, 4.69) is 15.3 Å². The quantitative estimate of drug-likeness (QED) is 0.896. The predicted octanol–water partition coefficient (Wildman–Crippen LogP) is 2.08. The number of amides is 1. The van der Waals surface area contributed by atoms with E-state index in [0.29, 0.717) is 0 Å². The third kappa shape index (κ3) is 3.05. The summed E-state index contributed by atoms with van der Waals surface area (Å²) in [6.45, 7) is 0. The van der Waals surface area contributed by atoms with Gasteiger partial charge in [-0.1, -0.05) is 11.6 Å². The summed E-state index contributed by atoms with van der Waals surface area (Å²) >= 11 is 5.89. The summed E-state index contributed by atoms with van der Waals surface area (Å²) in [5.74, 6) is -1.57. The Kier molecular flexibility index (Phi) is 3.72. The van der Waals surface area contributed by atoms with Crippen LogP contribution in [0.1, 0.15) is 20.7 Å². The van der Waals surface area contributed by atoms with E-state index in [0.717, 1.165) is 0 Å². The van der Waals surface area contributed by atoms with E-state index in [9.17, 15) is 9.59 Å². The lowest BCUT2D eigenvalue weighted by Crippen LogP contribution is -2.13. The minimum atomic E-state index is -1.10. The summed E-state index contributed by atoms with van der Waals surface area (Å²) in [5.41, 5.74) is 0.499. The van der Waals surface area contributed by atoms with Gasteiger partial charge in [0.05, 0.1) is 21.8 Å². The molecule has 19 heavy (non-hydrogen) atoms. The molecule has 7 heteroatoms. The van der Waals surface area contributed by atoms with Gasteiger partial charge in [0.25, 0.3) is 5.91 Å². The van der Waals surface area contributed by atoms with Gasteiger partial charge in [-0.3, -0.25) is 4.79 Å². The van der Waals surface area contributed by atoms with E-state index < -0.39 is 11.9 Å². The number of carbonyl (C=O) groups is 2. The van der Waals surface area contributed by atoms with Crippen LogP contribution in [0.3, 0.4) is 0 Å². The second kappa shape index (κ2) is 5.45. The predicted molar refractivity (Wildman–Crippen MR) is 68.4 cm³/mol. The second-order valence-electron chi connectivity index (χ2n) is 3.58. The molecule has 1 amide bonds. The number of rotatable bonds is 3. The number of hydrogen-bond acceptors (Lipinski definition) is 4. The Morgan fingerprint density at radius 1 is 1.16 bits per heavy atom. The SMILES string of the molecule is O=C(O)c1ccc(Cl)c(NC(=O)c2cncnc2)c1. The maximum atomic E-state index is 11.9. The molecule has 1 aromatic carbocycles. The lowest BCUT2D eigenvalue weighted by molar-refractivity contribution is 0.0696. The molecule has 0 fully saturated rings. The van der Waals surface area contributed by atoms with Gasteiger partial charge < -0.3 is 10.4 Å². The standard InChI is InChI=1S/C12H8ClN3O3/c13-9-2-1-7(12(18)19)3-10(9)16-11(17)8-4-14-6-15-5-8/h1-6H,(H,16,17)(H,18,19). The summed E-state index contributed by atoms with van der Waals surface area (Å²) in [6.07, 6.45) is 3.99. The van der Waals surface area contributed by atoms with Crippen molar-refractivity contribution in [2.45, 2.75) is 0 Å². The zero-order valence-electron chi connectivity index (χ0n) is 9.50. The fourth-order valence-electron chi connectivity index (χ4n) is 1.36. The number of nitrogens with zero attached hydrogens (tertiary/aromatic N) is 2. The van der Waals surface area contributed by atoms with Gasteiger partial charge in [-0.05, 0) is 18.2 Å². The van der Waals surface area contributed by atoms with E-state index >= 15 is 0 Å². The Morgan fingerprint density at radius 2 is 1.84 bits per heavy atom. The summed E-state index contributed by atoms with van der Waals surface area (Å²) in [7, 11) is 0. The van der Waals surface area contributed by atoms with Gasteiger partial charge in [-0.15, -0.1) is 0 Å². The number of aromatic nitrogens is 2. The van der Waals surface area contributed by atoms with Crippen LogP contribution < -0.4 is 5.32 Å².